The number of aromatic amines is 1. The van der Waals surface area contributed by atoms with Gasteiger partial charge >= 0.3 is 0 Å². The number of carbonyl (C=O) groups is 1. The summed E-state index contributed by atoms with van der Waals surface area (Å²) in [5.41, 5.74) is 0.136. The van der Waals surface area contributed by atoms with E-state index in [-0.39, 0.29) is 16.1 Å². The molecule has 26 heavy (non-hydrogen) atoms. The van der Waals surface area contributed by atoms with Gasteiger partial charge in [-0.3, -0.25) is 9.59 Å². The number of carbonyl (C=O) groups excluding carboxylic acids is 1. The Labute approximate surface area is 162 Å². The van der Waals surface area contributed by atoms with Crippen molar-refractivity contribution in [3.05, 3.63) is 79.3 Å². The van der Waals surface area contributed by atoms with Crippen LogP contribution in [0.4, 0.5) is 4.39 Å². The molecule has 1 amide bonds. The maximum Gasteiger partial charge on any atom is 0.268 e. The van der Waals surface area contributed by atoms with E-state index in [0.29, 0.717) is 16.5 Å². The second-order valence-corrected chi connectivity index (χ2v) is 7.76. The van der Waals surface area contributed by atoms with Gasteiger partial charge in [-0.05, 0) is 49.7 Å². The molecule has 0 fully saturated rings. The summed E-state index contributed by atoms with van der Waals surface area (Å²) in [5.74, 6) is -0.914. The van der Waals surface area contributed by atoms with Crippen molar-refractivity contribution in [1.82, 2.24) is 10.3 Å². The van der Waals surface area contributed by atoms with Crippen LogP contribution in [0.2, 0.25) is 5.02 Å². The van der Waals surface area contributed by atoms with Crippen molar-refractivity contribution in [3.8, 4) is 0 Å². The number of aromatic nitrogens is 1. The molecular formula is C19H15BrClFN2O2. The van der Waals surface area contributed by atoms with Crippen molar-refractivity contribution in [2.24, 2.45) is 0 Å². The molecular weight excluding hydrogens is 423 g/mol. The zero-order chi connectivity index (χ0) is 19.1. The Kier molecular flexibility index (Phi) is 4.90. The lowest BCUT2D eigenvalue weighted by molar-refractivity contribution is 0.0907. The van der Waals surface area contributed by atoms with Gasteiger partial charge in [0, 0.05) is 26.5 Å². The summed E-state index contributed by atoms with van der Waals surface area (Å²) < 4.78 is 14.0. The summed E-state index contributed by atoms with van der Waals surface area (Å²) in [6, 6.07) is 10.5. The molecule has 1 heterocycles. The van der Waals surface area contributed by atoms with E-state index in [1.807, 2.05) is 0 Å². The summed E-state index contributed by atoms with van der Waals surface area (Å²) in [7, 11) is 0. The molecule has 4 nitrogen and oxygen atoms in total. The Morgan fingerprint density at radius 1 is 1.19 bits per heavy atom. The SMILES string of the molecule is CC(C)(NC(=O)c1cc(=O)c2cc(Br)ccc2[nH]1)c1ccc(F)cc1Cl. The molecule has 134 valence electrons. The van der Waals surface area contributed by atoms with Crippen molar-refractivity contribution in [2.75, 3.05) is 0 Å². The molecule has 7 heteroatoms. The van der Waals surface area contributed by atoms with Crippen LogP contribution >= 0.6 is 27.5 Å². The van der Waals surface area contributed by atoms with Crippen LogP contribution in [-0.4, -0.2) is 10.9 Å². The largest absolute Gasteiger partial charge is 0.350 e. The Balaban J connectivity index is 1.95. The molecule has 3 rings (SSSR count). The second kappa shape index (κ2) is 6.85. The molecule has 0 bridgehead atoms. The van der Waals surface area contributed by atoms with Crippen LogP contribution in [-0.2, 0) is 5.54 Å². The number of fused-ring (bicyclic) bond motifs is 1. The van der Waals surface area contributed by atoms with Gasteiger partial charge in [-0.25, -0.2) is 4.39 Å². The average Bonchev–Trinajstić information content (AvgIpc) is 2.54. The Bertz CT molecular complexity index is 1080. The Morgan fingerprint density at radius 2 is 1.92 bits per heavy atom. The van der Waals surface area contributed by atoms with E-state index in [1.54, 1.807) is 32.0 Å². The van der Waals surface area contributed by atoms with Gasteiger partial charge in [0.25, 0.3) is 5.91 Å². The van der Waals surface area contributed by atoms with Crippen LogP contribution in [0.15, 0.2) is 51.7 Å². The van der Waals surface area contributed by atoms with Gasteiger partial charge in [-0.1, -0.05) is 33.6 Å². The minimum Gasteiger partial charge on any atom is -0.350 e. The van der Waals surface area contributed by atoms with E-state index in [2.05, 4.69) is 26.2 Å². The third-order valence-corrected chi connectivity index (χ3v) is 4.87. The van der Waals surface area contributed by atoms with Crippen LogP contribution in [0.25, 0.3) is 10.9 Å². The van der Waals surface area contributed by atoms with Crippen LogP contribution in [0, 0.1) is 5.82 Å². The van der Waals surface area contributed by atoms with Crippen molar-refractivity contribution < 1.29 is 9.18 Å². The molecule has 0 aliphatic rings. The lowest BCUT2D eigenvalue weighted by Gasteiger charge is -2.28. The molecule has 3 aromatic rings. The first kappa shape index (κ1) is 18.6. The van der Waals surface area contributed by atoms with Gasteiger partial charge in [0.05, 0.1) is 5.54 Å². The summed E-state index contributed by atoms with van der Waals surface area (Å²) >= 11 is 9.43. The number of nitrogens with one attached hydrogen (secondary N) is 2. The van der Waals surface area contributed by atoms with Crippen molar-refractivity contribution in [3.63, 3.8) is 0 Å². The summed E-state index contributed by atoms with van der Waals surface area (Å²) in [4.78, 5) is 27.9. The van der Waals surface area contributed by atoms with E-state index in [1.165, 1.54) is 24.3 Å². The van der Waals surface area contributed by atoms with E-state index in [0.717, 1.165) is 4.47 Å². The number of benzene rings is 2. The number of halogens is 3. The minimum absolute atomic E-state index is 0.135. The zero-order valence-electron chi connectivity index (χ0n) is 14.0. The first-order chi connectivity index (χ1) is 12.2. The standard InChI is InChI=1S/C19H15BrClFN2O2/c1-19(2,13-5-4-11(22)8-14(13)21)24-18(26)16-9-17(25)12-7-10(20)3-6-15(12)23-16/h3-9H,1-2H3,(H,23,25)(H,24,26). The maximum absolute atomic E-state index is 13.3. The monoisotopic (exact) mass is 436 g/mol. The van der Waals surface area contributed by atoms with Gasteiger partial charge in [0.2, 0.25) is 0 Å². The highest BCUT2D eigenvalue weighted by Crippen LogP contribution is 2.28. The van der Waals surface area contributed by atoms with Crippen LogP contribution < -0.4 is 10.7 Å². The predicted octanol–water partition coefficient (Wildman–Crippen LogP) is 4.75. The van der Waals surface area contributed by atoms with E-state index in [9.17, 15) is 14.0 Å². The molecule has 0 unspecified atom stereocenters. The van der Waals surface area contributed by atoms with Crippen molar-refractivity contribution >= 4 is 44.3 Å². The summed E-state index contributed by atoms with van der Waals surface area (Å²) in [6.07, 6.45) is 0. The van der Waals surface area contributed by atoms with Gasteiger partial charge < -0.3 is 10.3 Å². The number of hydrogen-bond acceptors (Lipinski definition) is 2. The smallest absolute Gasteiger partial charge is 0.268 e. The van der Waals surface area contributed by atoms with E-state index >= 15 is 0 Å². The molecule has 0 aliphatic carbocycles. The topological polar surface area (TPSA) is 62.0 Å². The molecule has 0 aliphatic heterocycles. The number of H-pyrrole nitrogens is 1. The third-order valence-electron chi connectivity index (χ3n) is 4.07. The fourth-order valence-electron chi connectivity index (χ4n) is 2.76. The normalized spacial score (nSPS) is 11.6. The van der Waals surface area contributed by atoms with Crippen molar-refractivity contribution in [2.45, 2.75) is 19.4 Å². The van der Waals surface area contributed by atoms with Crippen molar-refractivity contribution in [1.29, 1.82) is 0 Å². The van der Waals surface area contributed by atoms with E-state index in [4.69, 9.17) is 11.6 Å². The van der Waals surface area contributed by atoms with Crippen LogP contribution in [0.3, 0.4) is 0 Å². The Morgan fingerprint density at radius 3 is 2.62 bits per heavy atom. The molecule has 2 N–H and O–H groups in total. The minimum atomic E-state index is -0.868. The van der Waals surface area contributed by atoms with Gasteiger partial charge in [0.15, 0.2) is 5.43 Å². The number of hydrogen-bond donors (Lipinski definition) is 2. The zero-order valence-corrected chi connectivity index (χ0v) is 16.3. The van der Waals surface area contributed by atoms with Gasteiger partial charge in [-0.2, -0.15) is 0 Å². The van der Waals surface area contributed by atoms with Gasteiger partial charge in [-0.15, -0.1) is 0 Å². The lowest BCUT2D eigenvalue weighted by Crippen LogP contribution is -2.41. The molecule has 0 radical (unpaired) electrons. The molecule has 2 aromatic carbocycles. The second-order valence-electron chi connectivity index (χ2n) is 6.44. The molecule has 0 atom stereocenters. The maximum atomic E-state index is 13.3. The highest BCUT2D eigenvalue weighted by molar-refractivity contribution is 9.10. The molecule has 0 spiro atoms. The predicted molar refractivity (Wildman–Crippen MR) is 104 cm³/mol. The first-order valence-electron chi connectivity index (χ1n) is 7.78. The summed E-state index contributed by atoms with van der Waals surface area (Å²) in [5, 5.41) is 3.53. The van der Waals surface area contributed by atoms with E-state index < -0.39 is 17.3 Å². The fraction of sp³-hybridized carbons (Fsp3) is 0.158. The lowest BCUT2D eigenvalue weighted by atomic mass is 9.94. The number of rotatable bonds is 3. The summed E-state index contributed by atoms with van der Waals surface area (Å²) in [6.45, 7) is 3.50. The van der Waals surface area contributed by atoms with Crippen LogP contribution in [0.5, 0.6) is 0 Å². The highest BCUT2D eigenvalue weighted by Gasteiger charge is 2.26. The first-order valence-corrected chi connectivity index (χ1v) is 8.95. The fourth-order valence-corrected chi connectivity index (χ4v) is 3.52. The van der Waals surface area contributed by atoms with Gasteiger partial charge in [0.1, 0.15) is 11.5 Å². The number of amides is 1. The quantitative estimate of drug-likeness (QED) is 0.621. The van der Waals surface area contributed by atoms with Crippen LogP contribution in [0.1, 0.15) is 29.9 Å². The Hall–Kier alpha value is -2.18. The average molecular weight is 438 g/mol. The molecule has 1 aromatic heterocycles. The molecule has 0 saturated carbocycles. The number of pyridine rings is 1. The highest BCUT2D eigenvalue weighted by atomic mass is 79.9. The molecule has 0 saturated heterocycles. The third kappa shape index (κ3) is 3.66.